The van der Waals surface area contributed by atoms with Crippen molar-refractivity contribution in [2.45, 2.75) is 46.3 Å². The molecule has 0 saturated carbocycles. The molecule has 0 aliphatic carbocycles. The first-order chi connectivity index (χ1) is 8.56. The van der Waals surface area contributed by atoms with Gasteiger partial charge in [-0.25, -0.2) is 0 Å². The maximum absolute atomic E-state index is 6.42. The van der Waals surface area contributed by atoms with Gasteiger partial charge >= 0.3 is 0 Å². The summed E-state index contributed by atoms with van der Waals surface area (Å²) in [5.74, 6) is 0.562. The standard InChI is InChI=1S/C13H23ClN4/c1-4-11-13(14)12(18(5-2)16-11)8-17-6-9(3)10(15)7-17/h9-10H,4-8,15H2,1-3H3. The van der Waals surface area contributed by atoms with Crippen LogP contribution in [0.5, 0.6) is 0 Å². The van der Waals surface area contributed by atoms with Crippen LogP contribution in [0.1, 0.15) is 32.2 Å². The molecule has 1 fully saturated rings. The Bertz CT molecular complexity index is 405. The molecule has 0 radical (unpaired) electrons. The second-order valence-electron chi connectivity index (χ2n) is 5.21. The zero-order valence-corrected chi connectivity index (χ0v) is 12.2. The van der Waals surface area contributed by atoms with Crippen LogP contribution in [0.3, 0.4) is 0 Å². The van der Waals surface area contributed by atoms with Crippen molar-refractivity contribution in [3.05, 3.63) is 16.4 Å². The molecule has 102 valence electrons. The molecule has 1 aromatic heterocycles. The minimum absolute atomic E-state index is 0.285. The molecule has 1 aliphatic rings. The van der Waals surface area contributed by atoms with Crippen LogP contribution in [0.2, 0.25) is 5.02 Å². The molecule has 0 bridgehead atoms. The fraction of sp³-hybridized carbons (Fsp3) is 0.769. The normalized spacial score (nSPS) is 24.9. The van der Waals surface area contributed by atoms with Gasteiger partial charge in [0.2, 0.25) is 0 Å². The Morgan fingerprint density at radius 2 is 2.11 bits per heavy atom. The Morgan fingerprint density at radius 1 is 1.39 bits per heavy atom. The predicted octanol–water partition coefficient (Wildman–Crippen LogP) is 1.90. The van der Waals surface area contributed by atoms with Crippen LogP contribution in [-0.2, 0) is 19.5 Å². The number of aryl methyl sites for hydroxylation is 2. The van der Waals surface area contributed by atoms with Gasteiger partial charge in [0.05, 0.1) is 16.4 Å². The highest BCUT2D eigenvalue weighted by atomic mass is 35.5. The van der Waals surface area contributed by atoms with Crippen molar-refractivity contribution < 1.29 is 0 Å². The largest absolute Gasteiger partial charge is 0.326 e. The van der Waals surface area contributed by atoms with Crippen molar-refractivity contribution in [1.82, 2.24) is 14.7 Å². The van der Waals surface area contributed by atoms with Crippen LogP contribution >= 0.6 is 11.6 Å². The number of rotatable bonds is 4. The van der Waals surface area contributed by atoms with E-state index >= 15 is 0 Å². The predicted molar refractivity (Wildman–Crippen MR) is 74.7 cm³/mol. The van der Waals surface area contributed by atoms with Gasteiger partial charge in [-0.05, 0) is 19.3 Å². The third kappa shape index (κ3) is 2.56. The molecule has 2 atom stereocenters. The highest BCUT2D eigenvalue weighted by Crippen LogP contribution is 2.25. The lowest BCUT2D eigenvalue weighted by molar-refractivity contribution is 0.307. The molecule has 4 nitrogen and oxygen atoms in total. The summed E-state index contributed by atoms with van der Waals surface area (Å²) in [5, 5.41) is 5.39. The van der Waals surface area contributed by atoms with E-state index in [1.165, 1.54) is 0 Å². The number of aromatic nitrogens is 2. The minimum atomic E-state index is 0.285. The van der Waals surface area contributed by atoms with Crippen molar-refractivity contribution in [3.63, 3.8) is 0 Å². The molecule has 2 heterocycles. The summed E-state index contributed by atoms with van der Waals surface area (Å²) >= 11 is 6.42. The summed E-state index contributed by atoms with van der Waals surface area (Å²) in [6.07, 6.45) is 0.884. The lowest BCUT2D eigenvalue weighted by Crippen LogP contribution is -2.28. The molecule has 18 heavy (non-hydrogen) atoms. The Morgan fingerprint density at radius 3 is 2.61 bits per heavy atom. The molecule has 0 aromatic carbocycles. The van der Waals surface area contributed by atoms with Crippen molar-refractivity contribution in [3.8, 4) is 0 Å². The first-order valence-electron chi connectivity index (χ1n) is 6.78. The average Bonchev–Trinajstić information content (AvgIpc) is 2.82. The first kappa shape index (κ1) is 13.8. The van der Waals surface area contributed by atoms with Crippen LogP contribution < -0.4 is 5.73 Å². The summed E-state index contributed by atoms with van der Waals surface area (Å²) in [7, 11) is 0. The molecule has 0 spiro atoms. The number of nitrogens with zero attached hydrogens (tertiary/aromatic N) is 3. The fourth-order valence-electron chi connectivity index (χ4n) is 2.60. The highest BCUT2D eigenvalue weighted by molar-refractivity contribution is 6.31. The molecule has 5 heteroatoms. The van der Waals surface area contributed by atoms with Crippen LogP contribution in [-0.4, -0.2) is 33.8 Å². The SMILES string of the molecule is CCc1nn(CC)c(CN2CC(C)C(N)C2)c1Cl. The van der Waals surface area contributed by atoms with E-state index in [1.807, 2.05) is 4.68 Å². The molecular weight excluding hydrogens is 248 g/mol. The first-order valence-corrected chi connectivity index (χ1v) is 7.16. The van der Waals surface area contributed by atoms with Crippen molar-refractivity contribution in [2.75, 3.05) is 13.1 Å². The summed E-state index contributed by atoms with van der Waals surface area (Å²) in [5.41, 5.74) is 8.21. The molecule has 2 rings (SSSR count). The Labute approximate surface area is 114 Å². The maximum atomic E-state index is 6.42. The molecule has 2 unspecified atom stereocenters. The minimum Gasteiger partial charge on any atom is -0.326 e. The van der Waals surface area contributed by atoms with E-state index in [0.29, 0.717) is 5.92 Å². The molecule has 1 aliphatic heterocycles. The van der Waals surface area contributed by atoms with E-state index in [0.717, 1.165) is 49.0 Å². The molecule has 0 amide bonds. The van der Waals surface area contributed by atoms with Gasteiger partial charge in [0.1, 0.15) is 0 Å². The van der Waals surface area contributed by atoms with Gasteiger partial charge in [0.15, 0.2) is 0 Å². The maximum Gasteiger partial charge on any atom is 0.0863 e. The summed E-state index contributed by atoms with van der Waals surface area (Å²) in [6.45, 7) is 10.1. The summed E-state index contributed by atoms with van der Waals surface area (Å²) in [6, 6.07) is 0.285. The number of hydrogen-bond acceptors (Lipinski definition) is 3. The fourth-order valence-corrected chi connectivity index (χ4v) is 2.93. The average molecular weight is 271 g/mol. The van der Waals surface area contributed by atoms with E-state index < -0.39 is 0 Å². The lowest BCUT2D eigenvalue weighted by atomic mass is 10.1. The third-order valence-corrected chi connectivity index (χ3v) is 4.25. The van der Waals surface area contributed by atoms with Gasteiger partial charge in [-0.15, -0.1) is 0 Å². The zero-order chi connectivity index (χ0) is 13.3. The number of halogens is 1. The van der Waals surface area contributed by atoms with Gasteiger partial charge in [0.25, 0.3) is 0 Å². The van der Waals surface area contributed by atoms with E-state index in [1.54, 1.807) is 0 Å². The second-order valence-corrected chi connectivity index (χ2v) is 5.59. The smallest absolute Gasteiger partial charge is 0.0863 e. The van der Waals surface area contributed by atoms with E-state index in [9.17, 15) is 0 Å². The van der Waals surface area contributed by atoms with Gasteiger partial charge in [-0.2, -0.15) is 5.10 Å². The van der Waals surface area contributed by atoms with Crippen LogP contribution in [0, 0.1) is 5.92 Å². The molecule has 1 saturated heterocycles. The van der Waals surface area contributed by atoms with Gasteiger partial charge in [0, 0.05) is 32.2 Å². The monoisotopic (exact) mass is 270 g/mol. The Balaban J connectivity index is 2.16. The molecular formula is C13H23ClN4. The topological polar surface area (TPSA) is 47.1 Å². The third-order valence-electron chi connectivity index (χ3n) is 3.81. The van der Waals surface area contributed by atoms with Gasteiger partial charge < -0.3 is 5.73 Å². The lowest BCUT2D eigenvalue weighted by Gasteiger charge is -2.16. The van der Waals surface area contributed by atoms with E-state index in [4.69, 9.17) is 17.3 Å². The zero-order valence-electron chi connectivity index (χ0n) is 11.5. The highest BCUT2D eigenvalue weighted by Gasteiger charge is 2.28. The number of hydrogen-bond donors (Lipinski definition) is 1. The van der Waals surface area contributed by atoms with Gasteiger partial charge in [-0.1, -0.05) is 25.4 Å². The van der Waals surface area contributed by atoms with E-state index in [2.05, 4.69) is 30.8 Å². The van der Waals surface area contributed by atoms with Crippen molar-refractivity contribution in [2.24, 2.45) is 11.7 Å². The molecule has 2 N–H and O–H groups in total. The van der Waals surface area contributed by atoms with Crippen LogP contribution in [0.15, 0.2) is 0 Å². The Hall–Kier alpha value is -0.580. The van der Waals surface area contributed by atoms with Crippen LogP contribution in [0.4, 0.5) is 0 Å². The quantitative estimate of drug-likeness (QED) is 0.909. The second kappa shape index (κ2) is 5.59. The summed E-state index contributed by atoms with van der Waals surface area (Å²) < 4.78 is 2.02. The van der Waals surface area contributed by atoms with Gasteiger partial charge in [-0.3, -0.25) is 9.58 Å². The summed E-state index contributed by atoms with van der Waals surface area (Å²) in [4.78, 5) is 2.38. The van der Waals surface area contributed by atoms with Crippen molar-refractivity contribution >= 4 is 11.6 Å². The van der Waals surface area contributed by atoms with Crippen molar-refractivity contribution in [1.29, 1.82) is 0 Å². The van der Waals surface area contributed by atoms with E-state index in [-0.39, 0.29) is 6.04 Å². The Kier molecular flexibility index (Phi) is 4.30. The molecule has 1 aromatic rings. The number of nitrogens with two attached hydrogens (primary N) is 1. The van der Waals surface area contributed by atoms with Crippen LogP contribution in [0.25, 0.3) is 0 Å². The number of likely N-dealkylation sites (tertiary alicyclic amines) is 1.